The second kappa shape index (κ2) is 5.90. The van der Waals surface area contributed by atoms with Crippen LogP contribution in [0.4, 0.5) is 10.4 Å². The van der Waals surface area contributed by atoms with Crippen molar-refractivity contribution in [2.24, 2.45) is 0 Å². The molecule has 0 spiro atoms. The lowest BCUT2D eigenvalue weighted by atomic mass is 10.1. The lowest BCUT2D eigenvalue weighted by molar-refractivity contribution is 0.386. The first-order chi connectivity index (χ1) is 9.51. The first-order valence-electron chi connectivity index (χ1n) is 6.44. The van der Waals surface area contributed by atoms with E-state index in [1.165, 1.54) is 13.2 Å². The number of halogens is 1. The number of methoxy groups -OCH3 is 1. The van der Waals surface area contributed by atoms with Crippen LogP contribution < -0.4 is 10.1 Å². The highest BCUT2D eigenvalue weighted by Crippen LogP contribution is 2.24. The Labute approximate surface area is 117 Å². The van der Waals surface area contributed by atoms with Crippen molar-refractivity contribution < 1.29 is 13.7 Å². The van der Waals surface area contributed by atoms with Crippen molar-refractivity contribution in [2.75, 3.05) is 12.4 Å². The van der Waals surface area contributed by atoms with Gasteiger partial charge in [0.1, 0.15) is 0 Å². The number of benzene rings is 1. The third-order valence-electron chi connectivity index (χ3n) is 2.97. The van der Waals surface area contributed by atoms with Crippen LogP contribution in [0, 0.1) is 5.82 Å². The van der Waals surface area contributed by atoms with Crippen LogP contribution in [0.3, 0.4) is 0 Å². The molecule has 1 aromatic heterocycles. The Balaban J connectivity index is 2.10. The number of nitrogens with one attached hydrogen (secondary N) is 1. The van der Waals surface area contributed by atoms with E-state index >= 15 is 0 Å². The lowest BCUT2D eigenvalue weighted by Gasteiger charge is -2.13. The molecule has 0 saturated heterocycles. The monoisotopic (exact) mass is 279 g/mol. The molecule has 2 rings (SSSR count). The second-order valence-electron chi connectivity index (χ2n) is 4.87. The molecule has 1 heterocycles. The van der Waals surface area contributed by atoms with E-state index in [-0.39, 0.29) is 17.7 Å². The van der Waals surface area contributed by atoms with Crippen molar-refractivity contribution >= 4 is 6.01 Å². The highest BCUT2D eigenvalue weighted by Gasteiger charge is 2.14. The maximum absolute atomic E-state index is 13.7. The van der Waals surface area contributed by atoms with Gasteiger partial charge in [-0.05, 0) is 24.6 Å². The van der Waals surface area contributed by atoms with Gasteiger partial charge in [0, 0.05) is 5.92 Å². The largest absolute Gasteiger partial charge is 0.494 e. The van der Waals surface area contributed by atoms with Gasteiger partial charge in [-0.25, -0.2) is 4.39 Å². The van der Waals surface area contributed by atoms with E-state index in [2.05, 4.69) is 15.5 Å². The zero-order valence-electron chi connectivity index (χ0n) is 12.0. The molecule has 0 bridgehead atoms. The number of anilines is 1. The predicted octanol–water partition coefficient (Wildman–Crippen LogP) is 3.51. The maximum atomic E-state index is 13.7. The number of hydrogen-bond acceptors (Lipinski definition) is 5. The minimum atomic E-state index is -0.396. The lowest BCUT2D eigenvalue weighted by Crippen LogP contribution is -2.07. The van der Waals surface area contributed by atoms with Gasteiger partial charge in [0.2, 0.25) is 0 Å². The molecular formula is C14H18FN3O2. The molecule has 0 amide bonds. The summed E-state index contributed by atoms with van der Waals surface area (Å²) in [5, 5.41) is 6.92. The molecule has 1 N–H and O–H groups in total. The zero-order chi connectivity index (χ0) is 14.7. The molecule has 0 radical (unpaired) electrons. The summed E-state index contributed by atoms with van der Waals surface area (Å²) in [5.74, 6) is 0.663. The average Bonchev–Trinajstić information content (AvgIpc) is 2.87. The first kappa shape index (κ1) is 14.3. The van der Waals surface area contributed by atoms with Gasteiger partial charge in [-0.2, -0.15) is 4.98 Å². The molecule has 5 nitrogen and oxygen atoms in total. The van der Waals surface area contributed by atoms with Gasteiger partial charge in [-0.3, -0.25) is 0 Å². The standard InChI is InChI=1S/C14H18FN3O2/c1-8(2)13-17-14(20-18-13)16-9(3)10-5-6-12(19-4)11(15)7-10/h5-9H,1-4H3,(H,16,17,18). The van der Waals surface area contributed by atoms with E-state index in [4.69, 9.17) is 9.26 Å². The minimum absolute atomic E-state index is 0.157. The van der Waals surface area contributed by atoms with Crippen molar-refractivity contribution in [2.45, 2.75) is 32.7 Å². The molecular weight excluding hydrogens is 261 g/mol. The molecule has 108 valence electrons. The van der Waals surface area contributed by atoms with Crippen LogP contribution in [0.5, 0.6) is 5.75 Å². The fraction of sp³-hybridized carbons (Fsp3) is 0.429. The van der Waals surface area contributed by atoms with Gasteiger partial charge >= 0.3 is 6.01 Å². The van der Waals surface area contributed by atoms with E-state index in [1.807, 2.05) is 20.8 Å². The Morgan fingerprint density at radius 3 is 2.60 bits per heavy atom. The number of aromatic nitrogens is 2. The minimum Gasteiger partial charge on any atom is -0.494 e. The van der Waals surface area contributed by atoms with Crippen molar-refractivity contribution in [1.82, 2.24) is 10.1 Å². The third-order valence-corrected chi connectivity index (χ3v) is 2.97. The smallest absolute Gasteiger partial charge is 0.321 e. The summed E-state index contributed by atoms with van der Waals surface area (Å²) in [5.41, 5.74) is 0.771. The average molecular weight is 279 g/mol. The molecule has 0 aliphatic carbocycles. The molecule has 2 aromatic rings. The van der Waals surface area contributed by atoms with Crippen molar-refractivity contribution in [1.29, 1.82) is 0 Å². The zero-order valence-corrected chi connectivity index (χ0v) is 12.0. The molecule has 0 aliphatic heterocycles. The summed E-state index contributed by atoms with van der Waals surface area (Å²) in [6, 6.07) is 4.99. The quantitative estimate of drug-likeness (QED) is 0.907. The van der Waals surface area contributed by atoms with Gasteiger partial charge < -0.3 is 14.6 Å². The summed E-state index contributed by atoms with van der Waals surface area (Å²) < 4.78 is 23.6. The van der Waals surface area contributed by atoms with E-state index in [0.29, 0.717) is 11.8 Å². The molecule has 1 aromatic carbocycles. The fourth-order valence-electron chi connectivity index (χ4n) is 1.75. The molecule has 0 aliphatic rings. The molecule has 1 unspecified atom stereocenters. The highest BCUT2D eigenvalue weighted by atomic mass is 19.1. The Morgan fingerprint density at radius 2 is 2.05 bits per heavy atom. The van der Waals surface area contributed by atoms with Crippen LogP contribution in [0.25, 0.3) is 0 Å². The SMILES string of the molecule is COc1ccc(C(C)Nc2nc(C(C)C)no2)cc1F. The third kappa shape index (κ3) is 3.07. The Kier molecular flexibility index (Phi) is 4.22. The fourth-order valence-corrected chi connectivity index (χ4v) is 1.75. The topological polar surface area (TPSA) is 60.2 Å². The molecule has 20 heavy (non-hydrogen) atoms. The summed E-state index contributed by atoms with van der Waals surface area (Å²) in [6.45, 7) is 5.86. The molecule has 0 fully saturated rings. The van der Waals surface area contributed by atoms with Gasteiger partial charge in [0.25, 0.3) is 0 Å². The number of nitrogens with zero attached hydrogens (tertiary/aromatic N) is 2. The summed E-state index contributed by atoms with van der Waals surface area (Å²) in [6.07, 6.45) is 0. The van der Waals surface area contributed by atoms with Crippen LogP contribution >= 0.6 is 0 Å². The first-order valence-corrected chi connectivity index (χ1v) is 6.44. The van der Waals surface area contributed by atoms with E-state index in [9.17, 15) is 4.39 Å². The van der Waals surface area contributed by atoms with Crippen LogP contribution in [-0.2, 0) is 0 Å². The Bertz CT molecular complexity index is 584. The number of hydrogen-bond donors (Lipinski definition) is 1. The second-order valence-corrected chi connectivity index (χ2v) is 4.87. The van der Waals surface area contributed by atoms with Gasteiger partial charge in [0.15, 0.2) is 17.4 Å². The van der Waals surface area contributed by atoms with Gasteiger partial charge in [0.05, 0.1) is 13.2 Å². The van der Waals surface area contributed by atoms with Crippen LogP contribution in [-0.4, -0.2) is 17.3 Å². The van der Waals surface area contributed by atoms with Gasteiger partial charge in [-0.15, -0.1) is 0 Å². The Morgan fingerprint density at radius 1 is 1.30 bits per heavy atom. The van der Waals surface area contributed by atoms with Crippen molar-refractivity contribution in [3.63, 3.8) is 0 Å². The maximum Gasteiger partial charge on any atom is 0.321 e. The van der Waals surface area contributed by atoms with E-state index in [0.717, 1.165) is 5.56 Å². The molecule has 6 heteroatoms. The van der Waals surface area contributed by atoms with E-state index in [1.54, 1.807) is 12.1 Å². The molecule has 0 saturated carbocycles. The summed E-state index contributed by atoms with van der Waals surface area (Å²) in [4.78, 5) is 4.22. The highest BCUT2D eigenvalue weighted by molar-refractivity contribution is 5.34. The van der Waals surface area contributed by atoms with Crippen LogP contribution in [0.1, 0.15) is 44.1 Å². The Hall–Kier alpha value is -2.11. The van der Waals surface area contributed by atoms with Crippen molar-refractivity contribution in [3.05, 3.63) is 35.4 Å². The van der Waals surface area contributed by atoms with E-state index < -0.39 is 5.82 Å². The normalized spacial score (nSPS) is 12.5. The molecule has 1 atom stereocenters. The van der Waals surface area contributed by atoms with Crippen LogP contribution in [0.2, 0.25) is 0 Å². The number of rotatable bonds is 5. The number of ether oxygens (including phenoxy) is 1. The van der Waals surface area contributed by atoms with Gasteiger partial charge in [-0.1, -0.05) is 25.1 Å². The predicted molar refractivity (Wildman–Crippen MR) is 73.4 cm³/mol. The van der Waals surface area contributed by atoms with Crippen LogP contribution in [0.15, 0.2) is 22.7 Å². The summed E-state index contributed by atoms with van der Waals surface area (Å²) in [7, 11) is 1.44. The van der Waals surface area contributed by atoms with Crippen molar-refractivity contribution in [3.8, 4) is 5.75 Å². The summed E-state index contributed by atoms with van der Waals surface area (Å²) >= 11 is 0.